The van der Waals surface area contributed by atoms with Crippen LogP contribution in [0.2, 0.25) is 5.02 Å². The van der Waals surface area contributed by atoms with Crippen LogP contribution in [-0.2, 0) is 25.6 Å². The van der Waals surface area contributed by atoms with Crippen molar-refractivity contribution in [3.05, 3.63) is 76.3 Å². The highest BCUT2D eigenvalue weighted by molar-refractivity contribution is 6.30. The van der Waals surface area contributed by atoms with E-state index in [1.165, 1.54) is 0 Å². The van der Waals surface area contributed by atoms with E-state index in [1.807, 2.05) is 25.1 Å². The predicted octanol–water partition coefficient (Wildman–Crippen LogP) is 5.74. The summed E-state index contributed by atoms with van der Waals surface area (Å²) >= 11 is 6.51. The van der Waals surface area contributed by atoms with Crippen LogP contribution in [0.3, 0.4) is 0 Å². The Labute approximate surface area is 244 Å². The topological polar surface area (TPSA) is 92.8 Å². The molecule has 0 bridgehead atoms. The van der Waals surface area contributed by atoms with Crippen molar-refractivity contribution in [1.29, 1.82) is 0 Å². The van der Waals surface area contributed by atoms with Gasteiger partial charge in [-0.15, -0.1) is 0 Å². The minimum atomic E-state index is -1.17. The number of ether oxygens (including phenoxy) is 6. The summed E-state index contributed by atoms with van der Waals surface area (Å²) in [5, 5.41) is 0.455. The first kappa shape index (κ1) is 30.0. The van der Waals surface area contributed by atoms with E-state index < -0.39 is 24.1 Å². The van der Waals surface area contributed by atoms with Crippen molar-refractivity contribution >= 4 is 29.2 Å². The third kappa shape index (κ3) is 6.52. The maximum Gasteiger partial charge on any atom is 0.308 e. The maximum atomic E-state index is 14.2. The Bertz CT molecular complexity index is 1390. The number of carbonyl (C=O) groups excluding carboxylic acids is 2. The number of nitrogens with zero attached hydrogens (tertiary/aromatic N) is 1. The molecule has 1 heterocycles. The number of rotatable bonds is 11. The first-order valence-corrected chi connectivity index (χ1v) is 13.6. The number of hydrogen-bond acceptors (Lipinski definition) is 8. The maximum absolute atomic E-state index is 14.2. The van der Waals surface area contributed by atoms with Crippen molar-refractivity contribution in [1.82, 2.24) is 0 Å². The Balaban J connectivity index is 1.91. The van der Waals surface area contributed by atoms with Gasteiger partial charge in [0.2, 0.25) is 0 Å². The first-order chi connectivity index (χ1) is 19.8. The van der Waals surface area contributed by atoms with Gasteiger partial charge in [0, 0.05) is 27.8 Å². The summed E-state index contributed by atoms with van der Waals surface area (Å²) in [4.78, 5) is 28.5. The molecule has 2 atom stereocenters. The van der Waals surface area contributed by atoms with E-state index in [0.717, 1.165) is 5.56 Å². The number of carbonyl (C=O) groups is 2. The average Bonchev–Trinajstić information content (AvgIpc) is 3.08. The van der Waals surface area contributed by atoms with Crippen LogP contribution < -0.4 is 23.8 Å². The molecular formula is C31H34ClNO8. The largest absolute Gasteiger partial charge is 0.497 e. The zero-order chi connectivity index (χ0) is 29.5. The Morgan fingerprint density at radius 3 is 2.39 bits per heavy atom. The van der Waals surface area contributed by atoms with Crippen LogP contribution in [0.25, 0.3) is 0 Å². The molecular weight excluding hydrogens is 550 g/mol. The average molecular weight is 584 g/mol. The van der Waals surface area contributed by atoms with Crippen molar-refractivity contribution in [2.24, 2.45) is 0 Å². The van der Waals surface area contributed by atoms with Gasteiger partial charge in [0.25, 0.3) is 5.91 Å². The number of anilines is 1. The number of fused-ring (bicyclic) bond motifs is 1. The highest BCUT2D eigenvalue weighted by atomic mass is 35.5. The molecule has 4 rings (SSSR count). The molecule has 1 aliphatic rings. The molecule has 3 aromatic rings. The SMILES string of the molecule is CCOC(=O)C[C@H]1O[C@H](c2cccc(OC)c2OCC)c2cc(Cl)ccc2N(Cc2ccc(OC)cc2OC)C1=O. The smallest absolute Gasteiger partial charge is 0.308 e. The molecule has 0 N–H and O–H groups in total. The van der Waals surface area contributed by atoms with Crippen molar-refractivity contribution in [2.45, 2.75) is 39.0 Å². The van der Waals surface area contributed by atoms with Crippen molar-refractivity contribution in [3.63, 3.8) is 0 Å². The van der Waals surface area contributed by atoms with Crippen LogP contribution in [0, 0.1) is 0 Å². The zero-order valence-electron chi connectivity index (χ0n) is 23.8. The van der Waals surface area contributed by atoms with E-state index in [2.05, 4.69) is 0 Å². The number of methoxy groups -OCH3 is 3. The van der Waals surface area contributed by atoms with Gasteiger partial charge in [-0.3, -0.25) is 9.59 Å². The minimum Gasteiger partial charge on any atom is -0.497 e. The molecule has 3 aromatic carbocycles. The Morgan fingerprint density at radius 1 is 0.927 bits per heavy atom. The third-order valence-electron chi connectivity index (χ3n) is 6.69. The van der Waals surface area contributed by atoms with E-state index in [4.69, 9.17) is 40.0 Å². The van der Waals surface area contributed by atoms with E-state index in [1.54, 1.807) is 69.6 Å². The number of esters is 1. The molecule has 0 aromatic heterocycles. The second-order valence-electron chi connectivity index (χ2n) is 9.13. The van der Waals surface area contributed by atoms with E-state index >= 15 is 0 Å². The predicted molar refractivity (Wildman–Crippen MR) is 154 cm³/mol. The number of amides is 1. The molecule has 10 heteroatoms. The van der Waals surface area contributed by atoms with Crippen molar-refractivity contribution in [3.8, 4) is 23.0 Å². The minimum absolute atomic E-state index is 0.131. The molecule has 218 valence electrons. The highest BCUT2D eigenvalue weighted by Crippen LogP contribution is 2.46. The highest BCUT2D eigenvalue weighted by Gasteiger charge is 2.39. The molecule has 0 fully saturated rings. The van der Waals surface area contributed by atoms with Crippen LogP contribution in [-0.4, -0.2) is 52.5 Å². The fraction of sp³-hybridized carbons (Fsp3) is 0.355. The van der Waals surface area contributed by atoms with E-state index in [9.17, 15) is 9.59 Å². The van der Waals surface area contributed by atoms with Gasteiger partial charge in [-0.05, 0) is 50.2 Å². The first-order valence-electron chi connectivity index (χ1n) is 13.3. The summed E-state index contributed by atoms with van der Waals surface area (Å²) in [7, 11) is 4.67. The standard InChI is InChI=1S/C31H34ClNO8/c1-6-39-28(34)17-27-31(35)33(18-19-11-13-21(36-3)16-26(19)38-5)24-14-12-20(32)15-23(24)29(41-27)22-9-8-10-25(37-4)30(22)40-7-2/h8-16,27,29H,6-7,17-18H2,1-5H3/t27-,29-/m1/s1. The molecule has 0 unspecified atom stereocenters. The Hall–Kier alpha value is -3.95. The fourth-order valence-corrected chi connectivity index (χ4v) is 5.01. The lowest BCUT2D eigenvalue weighted by molar-refractivity contribution is -0.151. The van der Waals surface area contributed by atoms with Crippen LogP contribution in [0.4, 0.5) is 5.69 Å². The number of halogens is 1. The Kier molecular flexibility index (Phi) is 9.96. The second-order valence-corrected chi connectivity index (χ2v) is 9.57. The molecule has 9 nitrogen and oxygen atoms in total. The molecule has 0 saturated carbocycles. The molecule has 41 heavy (non-hydrogen) atoms. The van der Waals surface area contributed by atoms with Gasteiger partial charge in [-0.25, -0.2) is 0 Å². The lowest BCUT2D eigenvalue weighted by atomic mass is 9.97. The van der Waals surface area contributed by atoms with Crippen molar-refractivity contribution < 1.29 is 38.0 Å². The van der Waals surface area contributed by atoms with Gasteiger partial charge in [0.15, 0.2) is 11.5 Å². The zero-order valence-corrected chi connectivity index (χ0v) is 24.5. The summed E-state index contributed by atoms with van der Waals surface area (Å²) in [5.41, 5.74) is 2.55. The number of para-hydroxylation sites is 1. The van der Waals surface area contributed by atoms with Gasteiger partial charge < -0.3 is 33.3 Å². The Morgan fingerprint density at radius 2 is 1.71 bits per heavy atom. The lowest BCUT2D eigenvalue weighted by Crippen LogP contribution is -2.40. The van der Waals surface area contributed by atoms with Gasteiger partial charge in [-0.2, -0.15) is 0 Å². The summed E-state index contributed by atoms with van der Waals surface area (Å²) < 4.78 is 34.2. The van der Waals surface area contributed by atoms with Crippen LogP contribution in [0.5, 0.6) is 23.0 Å². The van der Waals surface area contributed by atoms with Gasteiger partial charge in [0.05, 0.1) is 53.2 Å². The van der Waals surface area contributed by atoms with Crippen LogP contribution in [0.15, 0.2) is 54.6 Å². The van der Waals surface area contributed by atoms with Crippen molar-refractivity contribution in [2.75, 3.05) is 39.4 Å². The van der Waals surface area contributed by atoms with Gasteiger partial charge >= 0.3 is 5.97 Å². The molecule has 0 radical (unpaired) electrons. The summed E-state index contributed by atoms with van der Waals surface area (Å²) in [6.07, 6.45) is -2.28. The lowest BCUT2D eigenvalue weighted by Gasteiger charge is -2.26. The van der Waals surface area contributed by atoms with E-state index in [-0.39, 0.29) is 19.6 Å². The summed E-state index contributed by atoms with van der Waals surface area (Å²) in [6, 6.07) is 16.1. The van der Waals surface area contributed by atoms with Crippen LogP contribution >= 0.6 is 11.6 Å². The second kappa shape index (κ2) is 13.6. The molecule has 1 aliphatic heterocycles. The number of hydrogen-bond donors (Lipinski definition) is 0. The summed E-state index contributed by atoms with van der Waals surface area (Å²) in [6.45, 7) is 4.26. The van der Waals surface area contributed by atoms with Crippen LogP contribution in [0.1, 0.15) is 43.1 Å². The van der Waals surface area contributed by atoms with E-state index in [0.29, 0.717) is 51.4 Å². The molecule has 1 amide bonds. The number of benzene rings is 3. The molecule has 0 saturated heterocycles. The molecule has 0 aliphatic carbocycles. The van der Waals surface area contributed by atoms with Gasteiger partial charge in [0.1, 0.15) is 23.7 Å². The molecule has 0 spiro atoms. The third-order valence-corrected chi connectivity index (χ3v) is 6.92. The fourth-order valence-electron chi connectivity index (χ4n) is 4.83. The monoisotopic (exact) mass is 583 g/mol. The normalized spacial score (nSPS) is 16.4. The summed E-state index contributed by atoms with van der Waals surface area (Å²) in [5.74, 6) is 1.18. The quantitative estimate of drug-likeness (QED) is 0.264. The van der Waals surface area contributed by atoms with Gasteiger partial charge in [-0.1, -0.05) is 23.7 Å².